The maximum Gasteiger partial charge on any atom is 0.162 e. The summed E-state index contributed by atoms with van der Waals surface area (Å²) < 4.78 is 19.0. The zero-order chi connectivity index (χ0) is 14.4. The third kappa shape index (κ3) is 4.10. The fourth-order valence-corrected chi connectivity index (χ4v) is 2.46. The normalized spacial score (nSPS) is 10.3. The number of halogens is 1. The van der Waals surface area contributed by atoms with Gasteiger partial charge in [0.05, 0.1) is 12.2 Å². The number of carbonyl (C=O) groups excluding carboxylic acids is 1. The molecule has 0 radical (unpaired) electrons. The van der Waals surface area contributed by atoms with Crippen LogP contribution in [0.15, 0.2) is 53.4 Å². The quantitative estimate of drug-likeness (QED) is 0.453. The second-order valence-electron chi connectivity index (χ2n) is 4.21. The number of Topliss-reactive ketones (excluding diaryl/α,β-unsaturated/α-hetero) is 1. The van der Waals surface area contributed by atoms with Crippen LogP contribution in [0.4, 0.5) is 4.39 Å². The molecule has 0 amide bonds. The number of hydrogen-bond donors (Lipinski definition) is 0. The number of ketones is 1. The van der Waals surface area contributed by atoms with E-state index < -0.39 is 5.82 Å². The van der Waals surface area contributed by atoms with Crippen LogP contribution in [0.5, 0.6) is 5.75 Å². The maximum absolute atomic E-state index is 13.6. The van der Waals surface area contributed by atoms with E-state index in [4.69, 9.17) is 4.74 Å². The average Bonchev–Trinajstić information content (AvgIpc) is 2.44. The molecular weight excluding hydrogens is 275 g/mol. The van der Waals surface area contributed by atoms with Gasteiger partial charge in [-0.15, -0.1) is 11.8 Å². The zero-order valence-electron chi connectivity index (χ0n) is 11.1. The molecule has 0 N–H and O–H groups in total. The van der Waals surface area contributed by atoms with E-state index in [1.807, 2.05) is 30.3 Å². The lowest BCUT2D eigenvalue weighted by atomic mass is 10.1. The average molecular weight is 290 g/mol. The third-order valence-electron chi connectivity index (χ3n) is 2.68. The summed E-state index contributed by atoms with van der Waals surface area (Å²) in [7, 11) is 0. The molecule has 0 aliphatic rings. The molecule has 2 rings (SSSR count). The molecule has 0 spiro atoms. The van der Waals surface area contributed by atoms with Crippen LogP contribution in [-0.4, -0.2) is 18.1 Å². The maximum atomic E-state index is 13.6. The number of thioether (sulfide) groups is 1. The van der Waals surface area contributed by atoms with E-state index >= 15 is 0 Å². The Labute approximate surface area is 122 Å². The van der Waals surface area contributed by atoms with Gasteiger partial charge < -0.3 is 4.74 Å². The van der Waals surface area contributed by atoms with Gasteiger partial charge in [0.1, 0.15) is 11.6 Å². The van der Waals surface area contributed by atoms with Crippen molar-refractivity contribution in [2.24, 2.45) is 0 Å². The SMILES string of the molecule is CC(=O)c1ccc(OCCSc2ccccc2)cc1F. The van der Waals surface area contributed by atoms with Gasteiger partial charge in [-0.2, -0.15) is 0 Å². The predicted octanol–water partition coefficient (Wildman–Crippen LogP) is 4.20. The molecular formula is C16H15FO2S. The molecule has 0 atom stereocenters. The summed E-state index contributed by atoms with van der Waals surface area (Å²) in [5.74, 6) is 0.403. The number of hydrogen-bond acceptors (Lipinski definition) is 3. The van der Waals surface area contributed by atoms with Crippen LogP contribution in [0.3, 0.4) is 0 Å². The molecule has 0 aliphatic heterocycles. The monoisotopic (exact) mass is 290 g/mol. The Kier molecular flexibility index (Phi) is 5.18. The van der Waals surface area contributed by atoms with Crippen LogP contribution >= 0.6 is 11.8 Å². The topological polar surface area (TPSA) is 26.3 Å². The molecule has 104 valence electrons. The predicted molar refractivity (Wildman–Crippen MR) is 79.1 cm³/mol. The van der Waals surface area contributed by atoms with E-state index in [-0.39, 0.29) is 11.3 Å². The van der Waals surface area contributed by atoms with Crippen molar-refractivity contribution in [1.29, 1.82) is 0 Å². The first-order valence-electron chi connectivity index (χ1n) is 6.28. The van der Waals surface area contributed by atoms with Gasteiger partial charge in [-0.3, -0.25) is 4.79 Å². The van der Waals surface area contributed by atoms with Gasteiger partial charge in [0.15, 0.2) is 5.78 Å². The van der Waals surface area contributed by atoms with Gasteiger partial charge in [0.2, 0.25) is 0 Å². The fraction of sp³-hybridized carbons (Fsp3) is 0.188. The summed E-state index contributed by atoms with van der Waals surface area (Å²) in [5, 5.41) is 0. The van der Waals surface area contributed by atoms with Crippen molar-refractivity contribution in [2.45, 2.75) is 11.8 Å². The lowest BCUT2D eigenvalue weighted by Crippen LogP contribution is -2.02. The second kappa shape index (κ2) is 7.10. The Hall–Kier alpha value is -1.81. The van der Waals surface area contributed by atoms with Crippen LogP contribution in [0, 0.1) is 5.82 Å². The van der Waals surface area contributed by atoms with E-state index in [0.29, 0.717) is 12.4 Å². The Morgan fingerprint density at radius 1 is 1.20 bits per heavy atom. The van der Waals surface area contributed by atoms with Crippen molar-refractivity contribution in [2.75, 3.05) is 12.4 Å². The van der Waals surface area contributed by atoms with Gasteiger partial charge in [0.25, 0.3) is 0 Å². The molecule has 0 saturated carbocycles. The molecule has 0 fully saturated rings. The fourth-order valence-electron chi connectivity index (χ4n) is 1.71. The van der Waals surface area contributed by atoms with Crippen molar-refractivity contribution in [1.82, 2.24) is 0 Å². The molecule has 0 aromatic heterocycles. The van der Waals surface area contributed by atoms with Crippen molar-refractivity contribution in [3.05, 3.63) is 59.9 Å². The highest BCUT2D eigenvalue weighted by Crippen LogP contribution is 2.19. The number of rotatable bonds is 6. The van der Waals surface area contributed by atoms with E-state index in [0.717, 1.165) is 5.75 Å². The lowest BCUT2D eigenvalue weighted by Gasteiger charge is -2.07. The first kappa shape index (κ1) is 14.6. The highest BCUT2D eigenvalue weighted by atomic mass is 32.2. The Balaban J connectivity index is 1.83. The smallest absolute Gasteiger partial charge is 0.162 e. The molecule has 0 bridgehead atoms. The van der Waals surface area contributed by atoms with Crippen molar-refractivity contribution in [3.8, 4) is 5.75 Å². The zero-order valence-corrected chi connectivity index (χ0v) is 12.0. The molecule has 0 unspecified atom stereocenters. The van der Waals surface area contributed by atoms with Crippen LogP contribution in [0.25, 0.3) is 0 Å². The van der Waals surface area contributed by atoms with Gasteiger partial charge >= 0.3 is 0 Å². The molecule has 4 heteroatoms. The van der Waals surface area contributed by atoms with E-state index in [1.54, 1.807) is 17.8 Å². The molecule has 2 aromatic carbocycles. The summed E-state index contributed by atoms with van der Waals surface area (Å²) >= 11 is 1.68. The van der Waals surface area contributed by atoms with E-state index in [1.165, 1.54) is 24.0 Å². The third-order valence-corrected chi connectivity index (χ3v) is 3.66. The first-order valence-corrected chi connectivity index (χ1v) is 7.26. The number of benzene rings is 2. The summed E-state index contributed by atoms with van der Waals surface area (Å²) in [6.07, 6.45) is 0. The minimum atomic E-state index is -0.536. The van der Waals surface area contributed by atoms with Crippen LogP contribution in [0.2, 0.25) is 0 Å². The number of ether oxygens (including phenoxy) is 1. The summed E-state index contributed by atoms with van der Waals surface area (Å²) in [6, 6.07) is 14.3. The Morgan fingerprint density at radius 2 is 1.95 bits per heavy atom. The van der Waals surface area contributed by atoms with Gasteiger partial charge in [0, 0.05) is 16.7 Å². The van der Waals surface area contributed by atoms with Gasteiger partial charge in [-0.05, 0) is 31.2 Å². The summed E-state index contributed by atoms with van der Waals surface area (Å²) in [6.45, 7) is 1.83. The van der Waals surface area contributed by atoms with Crippen LogP contribution in [0.1, 0.15) is 17.3 Å². The van der Waals surface area contributed by atoms with Crippen molar-refractivity contribution in [3.63, 3.8) is 0 Å². The van der Waals surface area contributed by atoms with E-state index in [2.05, 4.69) is 0 Å². The van der Waals surface area contributed by atoms with Crippen LogP contribution < -0.4 is 4.74 Å². The molecule has 2 aromatic rings. The van der Waals surface area contributed by atoms with Crippen molar-refractivity contribution < 1.29 is 13.9 Å². The summed E-state index contributed by atoms with van der Waals surface area (Å²) in [5.41, 5.74) is 0.0935. The molecule has 0 heterocycles. The number of carbonyl (C=O) groups is 1. The first-order chi connectivity index (χ1) is 9.66. The van der Waals surface area contributed by atoms with Gasteiger partial charge in [-0.25, -0.2) is 4.39 Å². The second-order valence-corrected chi connectivity index (χ2v) is 5.38. The van der Waals surface area contributed by atoms with Crippen molar-refractivity contribution >= 4 is 17.5 Å². The van der Waals surface area contributed by atoms with Gasteiger partial charge in [-0.1, -0.05) is 18.2 Å². The minimum absolute atomic E-state index is 0.0935. The van der Waals surface area contributed by atoms with E-state index in [9.17, 15) is 9.18 Å². The summed E-state index contributed by atoms with van der Waals surface area (Å²) in [4.78, 5) is 12.3. The molecule has 0 saturated heterocycles. The Morgan fingerprint density at radius 3 is 2.60 bits per heavy atom. The van der Waals surface area contributed by atoms with Crippen LogP contribution in [-0.2, 0) is 0 Å². The highest BCUT2D eigenvalue weighted by molar-refractivity contribution is 7.99. The molecule has 0 aliphatic carbocycles. The highest BCUT2D eigenvalue weighted by Gasteiger charge is 2.08. The molecule has 20 heavy (non-hydrogen) atoms. The standard InChI is InChI=1S/C16H15FO2S/c1-12(18)15-8-7-13(11-16(15)17)19-9-10-20-14-5-3-2-4-6-14/h2-8,11H,9-10H2,1H3. The molecule has 2 nitrogen and oxygen atoms in total. The largest absolute Gasteiger partial charge is 0.493 e. The Bertz CT molecular complexity index is 584. The minimum Gasteiger partial charge on any atom is -0.493 e. The lowest BCUT2D eigenvalue weighted by molar-refractivity contribution is 0.101.